The number of benzene rings is 1. The van der Waals surface area contributed by atoms with E-state index in [1.165, 1.54) is 11.0 Å². The molecule has 1 fully saturated rings. The zero-order chi connectivity index (χ0) is 14.9. The summed E-state index contributed by atoms with van der Waals surface area (Å²) in [4.78, 5) is 13.3. The number of carbonyl (C=O) groups is 1. The molecular weight excluding hydrogens is 309 g/mol. The first-order chi connectivity index (χ1) is 9.30. The van der Waals surface area contributed by atoms with Crippen molar-refractivity contribution < 1.29 is 22.2 Å². The Morgan fingerprint density at radius 3 is 2.75 bits per heavy atom. The molecule has 20 heavy (non-hydrogen) atoms. The molecule has 1 aromatic rings. The van der Waals surface area contributed by atoms with Crippen molar-refractivity contribution in [3.8, 4) is 0 Å². The molecule has 0 bridgehead atoms. The lowest BCUT2D eigenvalue weighted by Gasteiger charge is -2.19. The minimum absolute atomic E-state index is 0.0311. The van der Waals surface area contributed by atoms with Gasteiger partial charge in [0.15, 0.2) is 0 Å². The number of rotatable bonds is 4. The van der Waals surface area contributed by atoms with Gasteiger partial charge in [-0.25, -0.2) is 0 Å². The third kappa shape index (κ3) is 3.47. The minimum atomic E-state index is -4.61. The molecule has 1 atom stereocenters. The number of hydrogen-bond acceptors (Lipinski definition) is 4. The average molecular weight is 322 g/mol. The molecule has 5 nitrogen and oxygen atoms in total. The molecule has 110 valence electrons. The van der Waals surface area contributed by atoms with Crippen molar-refractivity contribution >= 4 is 33.4 Å². The molecule has 1 aliphatic rings. The number of aliphatic hydroxyl groups is 1. The second kappa shape index (κ2) is 5.67. The van der Waals surface area contributed by atoms with Gasteiger partial charge in [-0.1, -0.05) is 11.6 Å². The maximum Gasteiger partial charge on any atom is 0.302 e. The lowest BCUT2D eigenvalue weighted by Crippen LogP contribution is -2.26. The van der Waals surface area contributed by atoms with Gasteiger partial charge in [0.1, 0.15) is 0 Å². The molecule has 0 aromatic heterocycles. The molecule has 0 radical (unpaired) electrons. The number of hydrogen-bond donors (Lipinski definition) is 1. The van der Waals surface area contributed by atoms with Crippen LogP contribution < -0.4 is 4.90 Å². The van der Waals surface area contributed by atoms with Gasteiger partial charge in [0.2, 0.25) is 5.91 Å². The monoisotopic (exact) mass is 321 g/mol. The van der Waals surface area contributed by atoms with Gasteiger partial charge in [-0.05, 0) is 18.2 Å². The summed E-state index contributed by atoms with van der Waals surface area (Å²) < 4.78 is 34.0. The highest BCUT2D eigenvalue weighted by molar-refractivity contribution is 7.86. The molecule has 1 unspecified atom stereocenters. The van der Waals surface area contributed by atoms with Gasteiger partial charge in [0, 0.05) is 35.2 Å². The Balaban J connectivity index is 2.24. The number of nitrogens with zero attached hydrogens (tertiary/aromatic N) is 1. The molecule has 2 rings (SSSR count). The van der Waals surface area contributed by atoms with E-state index >= 15 is 0 Å². The first kappa shape index (κ1) is 15.2. The van der Waals surface area contributed by atoms with E-state index in [0.29, 0.717) is 16.3 Å². The number of anilines is 1. The Morgan fingerprint density at radius 2 is 2.15 bits per heavy atom. The average Bonchev–Trinajstić information content (AvgIpc) is 2.67. The van der Waals surface area contributed by atoms with Crippen molar-refractivity contribution in [2.75, 3.05) is 17.2 Å². The van der Waals surface area contributed by atoms with Crippen LogP contribution in [0.4, 0.5) is 9.57 Å². The van der Waals surface area contributed by atoms with E-state index in [-0.39, 0.29) is 25.5 Å². The van der Waals surface area contributed by atoms with Crippen molar-refractivity contribution in [2.45, 2.75) is 13.0 Å². The molecular formula is C12H13ClFNO4S. The Hall–Kier alpha value is -1.18. The van der Waals surface area contributed by atoms with Gasteiger partial charge in [-0.2, -0.15) is 8.42 Å². The lowest BCUT2D eigenvalue weighted by molar-refractivity contribution is -0.117. The molecule has 0 spiro atoms. The fourth-order valence-corrected chi connectivity index (χ4v) is 3.33. The Morgan fingerprint density at radius 1 is 1.45 bits per heavy atom. The molecule has 1 amide bonds. The maximum atomic E-state index is 12.7. The van der Waals surface area contributed by atoms with E-state index in [0.717, 1.165) is 0 Å². The number of carbonyl (C=O) groups excluding carboxylic acids is 1. The first-order valence-electron chi connectivity index (χ1n) is 5.92. The summed E-state index contributed by atoms with van der Waals surface area (Å²) >= 11 is 5.81. The number of aliphatic hydroxyl groups excluding tert-OH is 1. The van der Waals surface area contributed by atoms with Crippen LogP contribution in [0.5, 0.6) is 0 Å². The van der Waals surface area contributed by atoms with Crippen molar-refractivity contribution in [1.82, 2.24) is 0 Å². The number of amides is 1. The van der Waals surface area contributed by atoms with Crippen LogP contribution in [0.1, 0.15) is 12.0 Å². The van der Waals surface area contributed by atoms with Crippen LogP contribution in [0.15, 0.2) is 18.2 Å². The summed E-state index contributed by atoms with van der Waals surface area (Å²) in [5.74, 6) is -1.55. The fourth-order valence-electron chi connectivity index (χ4n) is 2.35. The summed E-state index contributed by atoms with van der Waals surface area (Å²) in [5, 5.41) is 9.71. The highest BCUT2D eigenvalue weighted by atomic mass is 35.5. The molecule has 1 aliphatic heterocycles. The van der Waals surface area contributed by atoms with E-state index in [9.17, 15) is 22.2 Å². The van der Waals surface area contributed by atoms with Gasteiger partial charge < -0.3 is 10.0 Å². The normalized spacial score (nSPS) is 19.6. The third-order valence-electron chi connectivity index (χ3n) is 3.14. The highest BCUT2D eigenvalue weighted by Crippen LogP contribution is 2.30. The van der Waals surface area contributed by atoms with Crippen molar-refractivity contribution in [3.05, 3.63) is 28.8 Å². The molecule has 0 aliphatic carbocycles. The summed E-state index contributed by atoms with van der Waals surface area (Å²) in [5.41, 5.74) is 0.940. The SMILES string of the molecule is O=C1CC(CS(=O)(=O)F)CN1c1ccc(Cl)cc1CO. The zero-order valence-electron chi connectivity index (χ0n) is 10.4. The van der Waals surface area contributed by atoms with E-state index in [1.54, 1.807) is 12.1 Å². The summed E-state index contributed by atoms with van der Waals surface area (Å²) in [6.07, 6.45) is -0.0311. The van der Waals surface area contributed by atoms with Crippen LogP contribution in [0.3, 0.4) is 0 Å². The Labute approximate surface area is 121 Å². The molecule has 8 heteroatoms. The molecule has 1 aromatic carbocycles. The van der Waals surface area contributed by atoms with Gasteiger partial charge in [-0.3, -0.25) is 4.79 Å². The van der Waals surface area contributed by atoms with Crippen molar-refractivity contribution in [2.24, 2.45) is 5.92 Å². The predicted molar refractivity (Wildman–Crippen MR) is 72.7 cm³/mol. The van der Waals surface area contributed by atoms with Gasteiger partial charge in [0.05, 0.1) is 12.4 Å². The smallest absolute Gasteiger partial charge is 0.302 e. The second-order valence-electron chi connectivity index (χ2n) is 4.71. The van der Waals surface area contributed by atoms with Crippen molar-refractivity contribution in [1.29, 1.82) is 0 Å². The van der Waals surface area contributed by atoms with Crippen LogP contribution >= 0.6 is 11.6 Å². The summed E-state index contributed by atoms with van der Waals surface area (Å²) in [7, 11) is -4.61. The minimum Gasteiger partial charge on any atom is -0.392 e. The predicted octanol–water partition coefficient (Wildman–Crippen LogP) is 1.48. The fraction of sp³-hybridized carbons (Fsp3) is 0.417. The zero-order valence-corrected chi connectivity index (χ0v) is 12.0. The van der Waals surface area contributed by atoms with Gasteiger partial charge >= 0.3 is 10.2 Å². The van der Waals surface area contributed by atoms with Crippen molar-refractivity contribution in [3.63, 3.8) is 0 Å². The van der Waals surface area contributed by atoms with Crippen LogP contribution in [0.2, 0.25) is 5.02 Å². The Bertz CT molecular complexity index is 634. The van der Waals surface area contributed by atoms with E-state index in [1.807, 2.05) is 0 Å². The summed E-state index contributed by atoms with van der Waals surface area (Å²) in [6.45, 7) is -0.192. The second-order valence-corrected chi connectivity index (χ2v) is 6.56. The largest absolute Gasteiger partial charge is 0.392 e. The first-order valence-corrected chi connectivity index (χ1v) is 7.85. The Kier molecular flexibility index (Phi) is 4.31. The third-order valence-corrected chi connectivity index (χ3v) is 4.25. The number of halogens is 2. The van der Waals surface area contributed by atoms with E-state index in [4.69, 9.17) is 11.6 Å². The van der Waals surface area contributed by atoms with Gasteiger partial charge in [-0.15, -0.1) is 3.89 Å². The van der Waals surface area contributed by atoms with Crippen LogP contribution in [-0.4, -0.2) is 31.7 Å². The molecule has 0 saturated carbocycles. The van der Waals surface area contributed by atoms with Crippen LogP contribution in [0.25, 0.3) is 0 Å². The molecule has 1 heterocycles. The van der Waals surface area contributed by atoms with Crippen LogP contribution in [0, 0.1) is 5.92 Å². The summed E-state index contributed by atoms with van der Waals surface area (Å²) in [6, 6.07) is 4.68. The molecule has 1 saturated heterocycles. The maximum absolute atomic E-state index is 12.7. The topological polar surface area (TPSA) is 74.7 Å². The van der Waals surface area contributed by atoms with E-state index < -0.39 is 21.9 Å². The standard InChI is InChI=1S/C12H13ClFNO4S/c13-10-1-2-11(9(4-10)6-16)15-5-8(3-12(15)17)7-20(14,18)19/h1-2,4,8,16H,3,5-7H2. The van der Waals surface area contributed by atoms with Crippen LogP contribution in [-0.2, 0) is 21.6 Å². The van der Waals surface area contributed by atoms with E-state index in [2.05, 4.69) is 0 Å². The van der Waals surface area contributed by atoms with Gasteiger partial charge in [0.25, 0.3) is 0 Å². The lowest BCUT2D eigenvalue weighted by atomic mass is 10.1. The molecule has 1 N–H and O–H groups in total. The highest BCUT2D eigenvalue weighted by Gasteiger charge is 2.34. The quantitative estimate of drug-likeness (QED) is 0.852.